The second-order valence-corrected chi connectivity index (χ2v) is 6.53. The van der Waals surface area contributed by atoms with E-state index in [9.17, 15) is 4.79 Å². The molecule has 1 fully saturated rings. The van der Waals surface area contributed by atoms with Crippen LogP contribution in [0, 0.1) is 5.92 Å². The first kappa shape index (κ1) is 18.9. The Kier molecular flexibility index (Phi) is 6.82. The molecule has 3 rings (SSSR count). The van der Waals surface area contributed by atoms with Crippen molar-refractivity contribution in [2.45, 2.75) is 12.8 Å². The van der Waals surface area contributed by atoms with E-state index in [0.717, 1.165) is 36.4 Å². The van der Waals surface area contributed by atoms with Crippen LogP contribution in [0.25, 0.3) is 0 Å². The summed E-state index contributed by atoms with van der Waals surface area (Å²) < 4.78 is 5.75. The molecule has 0 amide bonds. The molecule has 1 heterocycles. The molecule has 1 atom stereocenters. The maximum atomic E-state index is 11.1. The Morgan fingerprint density at radius 2 is 1.89 bits per heavy atom. The third-order valence-electron chi connectivity index (χ3n) is 4.49. The van der Waals surface area contributed by atoms with Crippen molar-refractivity contribution in [3.63, 3.8) is 0 Å². The fourth-order valence-corrected chi connectivity index (χ4v) is 3.03. The monoisotopic (exact) mass is 368 g/mol. The molecule has 6 heteroatoms. The van der Waals surface area contributed by atoms with Gasteiger partial charge in [-0.3, -0.25) is 9.69 Å². The van der Waals surface area contributed by atoms with Crippen LogP contribution >= 0.6 is 0 Å². The standard InChI is InChI=1S/C21H24N2O4/c24-21(25)18-5-4-12-23(16-18)13-14-26-22-15-17-8-10-20(11-9-17)27-19-6-2-1-3-7-19/h1-3,6-11,15,18H,4-5,12-14,16H2,(H,24,25)/b22-15+. The quantitative estimate of drug-likeness (QED) is 0.438. The fraction of sp³-hybridized carbons (Fsp3) is 0.333. The molecule has 1 saturated heterocycles. The lowest BCUT2D eigenvalue weighted by atomic mass is 9.98. The molecule has 2 aromatic carbocycles. The van der Waals surface area contributed by atoms with Crippen LogP contribution in [-0.4, -0.2) is 48.4 Å². The number of carbonyl (C=O) groups is 1. The molecular formula is C21H24N2O4. The van der Waals surface area contributed by atoms with E-state index in [0.29, 0.717) is 19.7 Å². The molecule has 142 valence electrons. The van der Waals surface area contributed by atoms with E-state index in [1.165, 1.54) is 0 Å². The number of hydrogen-bond donors (Lipinski definition) is 1. The normalized spacial score (nSPS) is 17.7. The topological polar surface area (TPSA) is 71.4 Å². The highest BCUT2D eigenvalue weighted by molar-refractivity contribution is 5.79. The van der Waals surface area contributed by atoms with Gasteiger partial charge in [-0.1, -0.05) is 23.4 Å². The molecule has 6 nitrogen and oxygen atoms in total. The second kappa shape index (κ2) is 9.73. The minimum Gasteiger partial charge on any atom is -0.481 e. The number of piperidine rings is 1. The largest absolute Gasteiger partial charge is 0.481 e. The van der Waals surface area contributed by atoms with Crippen molar-refractivity contribution in [3.8, 4) is 11.5 Å². The number of likely N-dealkylation sites (tertiary alicyclic amines) is 1. The van der Waals surface area contributed by atoms with Crippen molar-refractivity contribution in [1.29, 1.82) is 0 Å². The summed E-state index contributed by atoms with van der Waals surface area (Å²) in [6.07, 6.45) is 3.33. The van der Waals surface area contributed by atoms with Crippen LogP contribution in [0.2, 0.25) is 0 Å². The third-order valence-corrected chi connectivity index (χ3v) is 4.49. The number of carboxylic acid groups (broad SMARTS) is 1. The highest BCUT2D eigenvalue weighted by Crippen LogP contribution is 2.20. The number of oxime groups is 1. The molecule has 27 heavy (non-hydrogen) atoms. The SMILES string of the molecule is O=C(O)C1CCCN(CCO/N=C/c2ccc(Oc3ccccc3)cc2)C1. The first-order valence-corrected chi connectivity index (χ1v) is 9.14. The zero-order chi connectivity index (χ0) is 18.9. The number of benzene rings is 2. The van der Waals surface area contributed by atoms with E-state index in [2.05, 4.69) is 10.1 Å². The molecule has 0 radical (unpaired) electrons. The van der Waals surface area contributed by atoms with Crippen LogP contribution in [0.4, 0.5) is 0 Å². The number of aliphatic carboxylic acids is 1. The summed E-state index contributed by atoms with van der Waals surface area (Å²) in [6, 6.07) is 17.2. The van der Waals surface area contributed by atoms with Crippen molar-refractivity contribution in [1.82, 2.24) is 4.90 Å². The number of carboxylic acids is 1. The van der Waals surface area contributed by atoms with Crippen molar-refractivity contribution < 1.29 is 19.5 Å². The van der Waals surface area contributed by atoms with Gasteiger partial charge in [0.2, 0.25) is 0 Å². The maximum Gasteiger partial charge on any atom is 0.307 e. The number of para-hydroxylation sites is 1. The summed E-state index contributed by atoms with van der Waals surface area (Å²) in [5.74, 6) is 0.583. The van der Waals surface area contributed by atoms with Crippen LogP contribution in [0.3, 0.4) is 0 Å². The lowest BCUT2D eigenvalue weighted by Crippen LogP contribution is -2.40. The molecule has 0 bridgehead atoms. The van der Waals surface area contributed by atoms with Gasteiger partial charge in [-0.05, 0) is 61.3 Å². The van der Waals surface area contributed by atoms with E-state index in [1.54, 1.807) is 6.21 Å². The molecule has 2 aromatic rings. The molecular weight excluding hydrogens is 344 g/mol. The van der Waals surface area contributed by atoms with Gasteiger partial charge in [0, 0.05) is 13.1 Å². The van der Waals surface area contributed by atoms with Crippen LogP contribution in [0.1, 0.15) is 18.4 Å². The van der Waals surface area contributed by atoms with Gasteiger partial charge in [-0.2, -0.15) is 0 Å². The molecule has 0 aliphatic carbocycles. The number of rotatable bonds is 8. The van der Waals surface area contributed by atoms with Crippen molar-refractivity contribution >= 4 is 12.2 Å². The van der Waals surface area contributed by atoms with Gasteiger partial charge < -0.3 is 14.7 Å². The third kappa shape index (κ3) is 6.11. The Labute approximate surface area is 159 Å². The summed E-state index contributed by atoms with van der Waals surface area (Å²) in [4.78, 5) is 18.5. The summed E-state index contributed by atoms with van der Waals surface area (Å²) in [7, 11) is 0. The maximum absolute atomic E-state index is 11.1. The molecule has 1 N–H and O–H groups in total. The molecule has 1 aliphatic heterocycles. The molecule has 1 aliphatic rings. The lowest BCUT2D eigenvalue weighted by Gasteiger charge is -2.29. The zero-order valence-corrected chi connectivity index (χ0v) is 15.2. The van der Waals surface area contributed by atoms with Crippen LogP contribution in [0.15, 0.2) is 59.8 Å². The Bertz CT molecular complexity index is 747. The average molecular weight is 368 g/mol. The van der Waals surface area contributed by atoms with Gasteiger partial charge in [-0.25, -0.2) is 0 Å². The van der Waals surface area contributed by atoms with Gasteiger partial charge in [0.1, 0.15) is 18.1 Å². The van der Waals surface area contributed by atoms with Crippen molar-refractivity contribution in [3.05, 3.63) is 60.2 Å². The average Bonchev–Trinajstić information content (AvgIpc) is 2.70. The highest BCUT2D eigenvalue weighted by atomic mass is 16.6. The van der Waals surface area contributed by atoms with E-state index < -0.39 is 5.97 Å². The predicted molar refractivity (Wildman–Crippen MR) is 103 cm³/mol. The van der Waals surface area contributed by atoms with Gasteiger partial charge >= 0.3 is 5.97 Å². The van der Waals surface area contributed by atoms with Gasteiger partial charge in [-0.15, -0.1) is 0 Å². The van der Waals surface area contributed by atoms with E-state index in [-0.39, 0.29) is 5.92 Å². The number of ether oxygens (including phenoxy) is 1. The van der Waals surface area contributed by atoms with Crippen LogP contribution < -0.4 is 4.74 Å². The summed E-state index contributed by atoms with van der Waals surface area (Å²) >= 11 is 0. The Hall–Kier alpha value is -2.86. The van der Waals surface area contributed by atoms with Crippen molar-refractivity contribution in [2.75, 3.05) is 26.2 Å². The first-order valence-electron chi connectivity index (χ1n) is 9.14. The van der Waals surface area contributed by atoms with E-state index in [1.807, 2.05) is 54.6 Å². The van der Waals surface area contributed by atoms with E-state index >= 15 is 0 Å². The highest BCUT2D eigenvalue weighted by Gasteiger charge is 2.24. The predicted octanol–water partition coefficient (Wildman–Crippen LogP) is 3.63. The molecule has 0 saturated carbocycles. The Morgan fingerprint density at radius 3 is 2.63 bits per heavy atom. The molecule has 0 aromatic heterocycles. The van der Waals surface area contributed by atoms with E-state index in [4.69, 9.17) is 14.7 Å². The summed E-state index contributed by atoms with van der Waals surface area (Å²) in [5.41, 5.74) is 0.916. The summed E-state index contributed by atoms with van der Waals surface area (Å²) in [6.45, 7) is 2.63. The summed E-state index contributed by atoms with van der Waals surface area (Å²) in [5, 5.41) is 13.1. The second-order valence-electron chi connectivity index (χ2n) is 6.53. The molecule has 0 spiro atoms. The molecule has 1 unspecified atom stereocenters. The Morgan fingerprint density at radius 1 is 1.15 bits per heavy atom. The number of nitrogens with zero attached hydrogens (tertiary/aromatic N) is 2. The minimum absolute atomic E-state index is 0.265. The van der Waals surface area contributed by atoms with Crippen LogP contribution in [-0.2, 0) is 9.63 Å². The lowest BCUT2D eigenvalue weighted by molar-refractivity contribution is -0.143. The minimum atomic E-state index is -0.710. The Balaban J connectivity index is 1.39. The van der Waals surface area contributed by atoms with Gasteiger partial charge in [0.25, 0.3) is 0 Å². The fourth-order valence-electron chi connectivity index (χ4n) is 3.03. The van der Waals surface area contributed by atoms with Gasteiger partial charge in [0.15, 0.2) is 0 Å². The number of hydrogen-bond acceptors (Lipinski definition) is 5. The van der Waals surface area contributed by atoms with Gasteiger partial charge in [0.05, 0.1) is 12.1 Å². The zero-order valence-electron chi connectivity index (χ0n) is 15.2. The first-order chi connectivity index (χ1) is 13.2. The smallest absolute Gasteiger partial charge is 0.307 e. The van der Waals surface area contributed by atoms with Crippen molar-refractivity contribution in [2.24, 2.45) is 11.1 Å². The van der Waals surface area contributed by atoms with Crippen LogP contribution in [0.5, 0.6) is 11.5 Å².